The summed E-state index contributed by atoms with van der Waals surface area (Å²) in [4.78, 5) is 30.9. The van der Waals surface area contributed by atoms with E-state index < -0.39 is 0 Å². The summed E-state index contributed by atoms with van der Waals surface area (Å²) in [5, 5.41) is 0. The predicted octanol–water partition coefficient (Wildman–Crippen LogP) is 5.11. The number of imide groups is 1. The van der Waals surface area contributed by atoms with Crippen LogP contribution >= 0.6 is 0 Å². The van der Waals surface area contributed by atoms with Crippen LogP contribution in [0.3, 0.4) is 0 Å². The zero-order chi connectivity index (χ0) is 22.8. The smallest absolute Gasteiger partial charge is 0.282 e. The molecule has 168 valence electrons. The van der Waals surface area contributed by atoms with Gasteiger partial charge in [-0.15, -0.1) is 0 Å². The number of likely N-dealkylation sites (tertiary alicyclic amines) is 1. The Balaban J connectivity index is 1.75. The zero-order valence-corrected chi connectivity index (χ0v) is 19.5. The summed E-state index contributed by atoms with van der Waals surface area (Å²) in [6, 6.07) is 13.4. The normalized spacial score (nSPS) is 17.0. The van der Waals surface area contributed by atoms with Crippen molar-refractivity contribution < 1.29 is 14.3 Å². The predicted molar refractivity (Wildman–Crippen MR) is 128 cm³/mol. The SMILES string of the molecule is Cc1ccc(C)c(N2C(=O)C(c3ccc(OCC(C)C)cc3)=C(N3CCCCC3)C2=O)c1. The number of rotatable bonds is 6. The van der Waals surface area contributed by atoms with Crippen molar-refractivity contribution in [1.82, 2.24) is 4.90 Å². The number of ether oxygens (including phenoxy) is 1. The molecule has 0 aromatic heterocycles. The van der Waals surface area contributed by atoms with Crippen molar-refractivity contribution in [3.63, 3.8) is 0 Å². The van der Waals surface area contributed by atoms with E-state index in [0.29, 0.717) is 29.5 Å². The Kier molecular flexibility index (Phi) is 6.35. The second-order valence-electron chi connectivity index (χ2n) is 9.24. The van der Waals surface area contributed by atoms with Gasteiger partial charge in [-0.05, 0) is 73.9 Å². The fraction of sp³-hybridized carbons (Fsp3) is 0.407. The highest BCUT2D eigenvalue weighted by Crippen LogP contribution is 2.37. The van der Waals surface area contributed by atoms with Gasteiger partial charge < -0.3 is 9.64 Å². The summed E-state index contributed by atoms with van der Waals surface area (Å²) in [6.45, 7) is 10.4. The van der Waals surface area contributed by atoms with Gasteiger partial charge in [-0.1, -0.05) is 38.1 Å². The molecule has 2 aliphatic heterocycles. The van der Waals surface area contributed by atoms with Crippen LogP contribution in [0.15, 0.2) is 48.2 Å². The summed E-state index contributed by atoms with van der Waals surface area (Å²) in [5.41, 5.74) is 4.38. The van der Waals surface area contributed by atoms with Crippen LogP contribution in [-0.2, 0) is 9.59 Å². The third-order valence-corrected chi connectivity index (χ3v) is 6.06. The van der Waals surface area contributed by atoms with Crippen molar-refractivity contribution in [3.05, 3.63) is 64.9 Å². The first-order valence-corrected chi connectivity index (χ1v) is 11.6. The molecule has 0 spiro atoms. The molecule has 0 bridgehead atoms. The summed E-state index contributed by atoms with van der Waals surface area (Å²) in [5.74, 6) is 0.731. The summed E-state index contributed by atoms with van der Waals surface area (Å²) in [6.07, 6.45) is 3.22. The Morgan fingerprint density at radius 2 is 1.59 bits per heavy atom. The quantitative estimate of drug-likeness (QED) is 0.596. The lowest BCUT2D eigenvalue weighted by atomic mass is 10.0. The Morgan fingerprint density at radius 1 is 0.906 bits per heavy atom. The molecule has 2 amide bonds. The fourth-order valence-electron chi connectivity index (χ4n) is 4.35. The van der Waals surface area contributed by atoms with Crippen molar-refractivity contribution >= 4 is 23.1 Å². The monoisotopic (exact) mass is 432 g/mol. The van der Waals surface area contributed by atoms with Crippen molar-refractivity contribution in [2.75, 3.05) is 24.6 Å². The van der Waals surface area contributed by atoms with Crippen LogP contribution in [0.5, 0.6) is 5.75 Å². The number of aryl methyl sites for hydroxylation is 2. The van der Waals surface area contributed by atoms with Crippen LogP contribution in [0, 0.1) is 19.8 Å². The Hall–Kier alpha value is -3.08. The molecule has 4 rings (SSSR count). The molecule has 2 heterocycles. The molecule has 1 saturated heterocycles. The molecule has 2 aromatic carbocycles. The molecule has 0 saturated carbocycles. The number of nitrogens with zero attached hydrogens (tertiary/aromatic N) is 2. The Bertz CT molecular complexity index is 1050. The number of hydrogen-bond acceptors (Lipinski definition) is 4. The van der Waals surface area contributed by atoms with E-state index in [0.717, 1.165) is 54.8 Å². The Labute approximate surface area is 190 Å². The molecular weight excluding hydrogens is 400 g/mol. The number of anilines is 1. The highest BCUT2D eigenvalue weighted by molar-refractivity contribution is 6.45. The molecule has 32 heavy (non-hydrogen) atoms. The molecule has 0 radical (unpaired) electrons. The van der Waals surface area contributed by atoms with E-state index in [1.165, 1.54) is 4.90 Å². The largest absolute Gasteiger partial charge is 0.493 e. The van der Waals surface area contributed by atoms with Gasteiger partial charge in [0, 0.05) is 13.1 Å². The topological polar surface area (TPSA) is 49.9 Å². The van der Waals surface area contributed by atoms with Gasteiger partial charge in [-0.25, -0.2) is 4.90 Å². The molecule has 5 nitrogen and oxygen atoms in total. The Morgan fingerprint density at radius 3 is 2.25 bits per heavy atom. The second-order valence-corrected chi connectivity index (χ2v) is 9.24. The second kappa shape index (κ2) is 9.19. The first-order chi connectivity index (χ1) is 15.4. The minimum atomic E-state index is -0.250. The average molecular weight is 433 g/mol. The van der Waals surface area contributed by atoms with E-state index in [1.54, 1.807) is 0 Å². The molecular formula is C27H32N2O3. The molecule has 0 unspecified atom stereocenters. The molecule has 2 aliphatic rings. The minimum absolute atomic E-state index is 0.222. The maximum Gasteiger partial charge on any atom is 0.282 e. The first-order valence-electron chi connectivity index (χ1n) is 11.6. The third-order valence-electron chi connectivity index (χ3n) is 6.06. The summed E-state index contributed by atoms with van der Waals surface area (Å²) >= 11 is 0. The first kappa shape index (κ1) is 22.1. The van der Waals surface area contributed by atoms with Crippen LogP contribution < -0.4 is 9.64 Å². The highest BCUT2D eigenvalue weighted by Gasteiger charge is 2.43. The lowest BCUT2D eigenvalue weighted by molar-refractivity contribution is -0.120. The van der Waals surface area contributed by atoms with Crippen molar-refractivity contribution in [3.8, 4) is 5.75 Å². The van der Waals surface area contributed by atoms with Crippen LogP contribution in [0.1, 0.15) is 49.8 Å². The van der Waals surface area contributed by atoms with E-state index in [4.69, 9.17) is 4.74 Å². The van der Waals surface area contributed by atoms with Crippen LogP contribution in [-0.4, -0.2) is 36.4 Å². The number of piperidine rings is 1. The van der Waals surface area contributed by atoms with E-state index in [-0.39, 0.29) is 11.8 Å². The zero-order valence-electron chi connectivity index (χ0n) is 19.5. The van der Waals surface area contributed by atoms with Gasteiger partial charge in [0.1, 0.15) is 11.4 Å². The average Bonchev–Trinajstić information content (AvgIpc) is 3.05. The van der Waals surface area contributed by atoms with Gasteiger partial charge in [-0.2, -0.15) is 0 Å². The molecule has 1 fully saturated rings. The molecule has 5 heteroatoms. The van der Waals surface area contributed by atoms with Crippen molar-refractivity contribution in [2.45, 2.75) is 47.0 Å². The minimum Gasteiger partial charge on any atom is -0.493 e. The number of benzene rings is 2. The van der Waals surface area contributed by atoms with Gasteiger partial charge in [0.2, 0.25) is 0 Å². The van der Waals surface area contributed by atoms with Gasteiger partial charge in [0.05, 0.1) is 17.9 Å². The molecule has 2 aromatic rings. The van der Waals surface area contributed by atoms with Crippen LogP contribution in [0.25, 0.3) is 5.57 Å². The van der Waals surface area contributed by atoms with Crippen molar-refractivity contribution in [1.29, 1.82) is 0 Å². The maximum absolute atomic E-state index is 13.7. The number of carbonyl (C=O) groups is 2. The van der Waals surface area contributed by atoms with E-state index in [9.17, 15) is 9.59 Å². The molecule has 0 N–H and O–H groups in total. The molecule has 0 atom stereocenters. The molecule has 0 aliphatic carbocycles. The van der Waals surface area contributed by atoms with Gasteiger partial charge in [-0.3, -0.25) is 9.59 Å². The lowest BCUT2D eigenvalue weighted by Gasteiger charge is -2.29. The number of hydrogen-bond donors (Lipinski definition) is 0. The number of amides is 2. The number of carbonyl (C=O) groups excluding carboxylic acids is 2. The standard InChI is InChI=1S/C27H32N2O3/c1-18(2)17-32-22-12-10-21(11-13-22)24-25(28-14-6-5-7-15-28)27(31)29(26(24)30)23-16-19(3)8-9-20(23)4/h8-13,16,18H,5-7,14-15,17H2,1-4H3. The van der Waals surface area contributed by atoms with Gasteiger partial charge >= 0.3 is 0 Å². The van der Waals surface area contributed by atoms with E-state index in [1.807, 2.05) is 56.3 Å². The highest BCUT2D eigenvalue weighted by atomic mass is 16.5. The maximum atomic E-state index is 13.7. The van der Waals surface area contributed by atoms with E-state index >= 15 is 0 Å². The fourth-order valence-corrected chi connectivity index (χ4v) is 4.35. The summed E-state index contributed by atoms with van der Waals surface area (Å²) in [7, 11) is 0. The van der Waals surface area contributed by atoms with Crippen LogP contribution in [0.4, 0.5) is 5.69 Å². The van der Waals surface area contributed by atoms with Gasteiger partial charge in [0.15, 0.2) is 0 Å². The summed E-state index contributed by atoms with van der Waals surface area (Å²) < 4.78 is 5.81. The lowest BCUT2D eigenvalue weighted by Crippen LogP contribution is -2.37. The van der Waals surface area contributed by atoms with Gasteiger partial charge in [0.25, 0.3) is 11.8 Å². The van der Waals surface area contributed by atoms with Crippen molar-refractivity contribution in [2.24, 2.45) is 5.92 Å². The third kappa shape index (κ3) is 4.29. The van der Waals surface area contributed by atoms with E-state index in [2.05, 4.69) is 18.7 Å². The van der Waals surface area contributed by atoms with Crippen LogP contribution in [0.2, 0.25) is 0 Å².